The van der Waals surface area contributed by atoms with Crippen LogP contribution in [0.3, 0.4) is 0 Å². The lowest BCUT2D eigenvalue weighted by Gasteiger charge is -2.45. The fourth-order valence-electron chi connectivity index (χ4n) is 3.71. The molecular weight excluding hydrogens is 156 g/mol. The molecule has 0 aliphatic heterocycles. The zero-order valence-electron chi connectivity index (χ0n) is 9.42. The molecule has 2 saturated carbocycles. The second-order valence-corrected chi connectivity index (χ2v) is 5.76. The summed E-state index contributed by atoms with van der Waals surface area (Å²) in [5.74, 6) is 5.19. The maximum atomic E-state index is 2.50. The first-order chi connectivity index (χ1) is 6.18. The molecule has 0 aromatic rings. The summed E-state index contributed by atoms with van der Waals surface area (Å²) >= 11 is 0. The first-order valence-corrected chi connectivity index (χ1v) is 6.18. The van der Waals surface area contributed by atoms with Crippen LogP contribution in [0.15, 0.2) is 0 Å². The van der Waals surface area contributed by atoms with E-state index in [1.165, 1.54) is 32.1 Å². The third-order valence-electron chi connectivity index (χ3n) is 4.87. The van der Waals surface area contributed by atoms with Gasteiger partial charge in [0.15, 0.2) is 0 Å². The topological polar surface area (TPSA) is 0 Å². The van der Waals surface area contributed by atoms with Crippen LogP contribution >= 0.6 is 0 Å². The van der Waals surface area contributed by atoms with Crippen LogP contribution in [0.25, 0.3) is 0 Å². The van der Waals surface area contributed by atoms with Gasteiger partial charge in [0.2, 0.25) is 0 Å². The van der Waals surface area contributed by atoms with Crippen molar-refractivity contribution in [2.24, 2.45) is 29.6 Å². The highest BCUT2D eigenvalue weighted by Crippen LogP contribution is 2.47. The second kappa shape index (κ2) is 3.63. The molecule has 2 rings (SSSR count). The van der Waals surface area contributed by atoms with Crippen LogP contribution in [0.4, 0.5) is 0 Å². The number of hydrogen-bond donors (Lipinski definition) is 0. The van der Waals surface area contributed by atoms with Gasteiger partial charge in [-0.2, -0.15) is 0 Å². The van der Waals surface area contributed by atoms with Crippen molar-refractivity contribution >= 4 is 0 Å². The molecule has 13 heavy (non-hydrogen) atoms. The van der Waals surface area contributed by atoms with E-state index in [0.29, 0.717) is 0 Å². The van der Waals surface area contributed by atoms with Crippen LogP contribution in [-0.4, -0.2) is 0 Å². The van der Waals surface area contributed by atoms with Crippen molar-refractivity contribution in [1.82, 2.24) is 0 Å². The van der Waals surface area contributed by atoms with Crippen LogP contribution in [0.1, 0.15) is 52.9 Å². The zero-order chi connectivity index (χ0) is 9.42. The van der Waals surface area contributed by atoms with Crippen molar-refractivity contribution in [2.75, 3.05) is 0 Å². The standard InChI is InChI=1S/C13H24/c1-9-4-7-13-11(3)10(2)5-6-12(13)8-9/h9-13H,4-8H2,1-3H3/t9-,10+,11-,12?,13?/m1/s1. The third-order valence-corrected chi connectivity index (χ3v) is 4.87. The molecule has 0 nitrogen and oxygen atoms in total. The summed E-state index contributed by atoms with van der Waals surface area (Å²) in [6.45, 7) is 7.40. The van der Waals surface area contributed by atoms with Crippen molar-refractivity contribution < 1.29 is 0 Å². The van der Waals surface area contributed by atoms with Gasteiger partial charge in [0.05, 0.1) is 0 Å². The molecule has 0 saturated heterocycles. The highest BCUT2D eigenvalue weighted by Gasteiger charge is 2.37. The minimum absolute atomic E-state index is 0.995. The van der Waals surface area contributed by atoms with Gasteiger partial charge in [-0.3, -0.25) is 0 Å². The molecule has 5 atom stereocenters. The van der Waals surface area contributed by atoms with E-state index in [1.54, 1.807) is 0 Å². The maximum Gasteiger partial charge on any atom is -0.0357 e. The van der Waals surface area contributed by atoms with E-state index in [9.17, 15) is 0 Å². The average molecular weight is 180 g/mol. The molecule has 0 aromatic heterocycles. The predicted molar refractivity (Wildman–Crippen MR) is 57.6 cm³/mol. The van der Waals surface area contributed by atoms with Crippen LogP contribution < -0.4 is 0 Å². The highest BCUT2D eigenvalue weighted by atomic mass is 14.4. The Balaban J connectivity index is 2.02. The summed E-state index contributed by atoms with van der Waals surface area (Å²) in [5, 5.41) is 0. The Kier molecular flexibility index (Phi) is 2.67. The van der Waals surface area contributed by atoms with E-state index in [-0.39, 0.29) is 0 Å². The summed E-state index contributed by atoms with van der Waals surface area (Å²) in [6, 6.07) is 0. The van der Waals surface area contributed by atoms with Gasteiger partial charge in [0.25, 0.3) is 0 Å². The fraction of sp³-hybridized carbons (Fsp3) is 1.00. The molecule has 2 aliphatic rings. The van der Waals surface area contributed by atoms with Crippen molar-refractivity contribution in [2.45, 2.75) is 52.9 Å². The zero-order valence-corrected chi connectivity index (χ0v) is 9.42. The quantitative estimate of drug-likeness (QED) is 0.526. The van der Waals surface area contributed by atoms with E-state index >= 15 is 0 Å². The van der Waals surface area contributed by atoms with Gasteiger partial charge in [-0.05, 0) is 48.9 Å². The van der Waals surface area contributed by atoms with Crippen molar-refractivity contribution in [3.05, 3.63) is 0 Å². The molecule has 0 N–H and O–H groups in total. The molecule has 0 radical (unpaired) electrons. The van der Waals surface area contributed by atoms with Crippen LogP contribution in [0, 0.1) is 29.6 Å². The molecule has 76 valence electrons. The van der Waals surface area contributed by atoms with Gasteiger partial charge < -0.3 is 0 Å². The van der Waals surface area contributed by atoms with Crippen LogP contribution in [-0.2, 0) is 0 Å². The Bertz CT molecular complexity index is 173. The highest BCUT2D eigenvalue weighted by molar-refractivity contribution is 4.87. The number of hydrogen-bond acceptors (Lipinski definition) is 0. The Labute approximate surface area is 83.1 Å². The Hall–Kier alpha value is 0. The van der Waals surface area contributed by atoms with Gasteiger partial charge in [-0.1, -0.05) is 33.6 Å². The minimum atomic E-state index is 0.995. The Morgan fingerprint density at radius 3 is 2.38 bits per heavy atom. The maximum absolute atomic E-state index is 2.50. The molecule has 0 spiro atoms. The molecule has 0 bridgehead atoms. The Morgan fingerprint density at radius 2 is 1.62 bits per heavy atom. The molecule has 0 amide bonds. The molecule has 0 aromatic carbocycles. The monoisotopic (exact) mass is 180 g/mol. The lowest BCUT2D eigenvalue weighted by atomic mass is 9.61. The van der Waals surface area contributed by atoms with E-state index in [1.807, 2.05) is 0 Å². The van der Waals surface area contributed by atoms with E-state index in [4.69, 9.17) is 0 Å². The van der Waals surface area contributed by atoms with Crippen LogP contribution in [0.5, 0.6) is 0 Å². The third kappa shape index (κ3) is 1.78. The van der Waals surface area contributed by atoms with Gasteiger partial charge in [0.1, 0.15) is 0 Å². The average Bonchev–Trinajstić information content (AvgIpc) is 2.12. The predicted octanol–water partition coefficient (Wildman–Crippen LogP) is 4.10. The van der Waals surface area contributed by atoms with E-state index < -0.39 is 0 Å². The summed E-state index contributed by atoms with van der Waals surface area (Å²) < 4.78 is 0. The molecule has 2 fully saturated rings. The second-order valence-electron chi connectivity index (χ2n) is 5.76. The van der Waals surface area contributed by atoms with Gasteiger partial charge in [0, 0.05) is 0 Å². The summed E-state index contributed by atoms with van der Waals surface area (Å²) in [4.78, 5) is 0. The van der Waals surface area contributed by atoms with E-state index in [0.717, 1.165) is 29.6 Å². The molecular formula is C13H24. The first-order valence-electron chi connectivity index (χ1n) is 6.18. The molecule has 2 unspecified atom stereocenters. The van der Waals surface area contributed by atoms with Crippen molar-refractivity contribution in [3.63, 3.8) is 0 Å². The smallest absolute Gasteiger partial charge is 0.0357 e. The van der Waals surface area contributed by atoms with E-state index in [2.05, 4.69) is 20.8 Å². The normalized spacial score (nSPS) is 51.5. The van der Waals surface area contributed by atoms with Crippen molar-refractivity contribution in [1.29, 1.82) is 0 Å². The SMILES string of the molecule is C[C@@H]1CCC2C(CC[C@H](C)[C@H]2C)C1. The largest absolute Gasteiger partial charge is 0.0625 e. The summed E-state index contributed by atoms with van der Waals surface area (Å²) in [5.41, 5.74) is 0. The minimum Gasteiger partial charge on any atom is -0.0625 e. The van der Waals surface area contributed by atoms with Gasteiger partial charge in [-0.25, -0.2) is 0 Å². The first kappa shape index (κ1) is 9.55. The molecule has 2 aliphatic carbocycles. The summed E-state index contributed by atoms with van der Waals surface area (Å²) in [7, 11) is 0. The molecule has 0 heteroatoms. The molecule has 0 heterocycles. The van der Waals surface area contributed by atoms with Crippen molar-refractivity contribution in [3.8, 4) is 0 Å². The fourth-order valence-corrected chi connectivity index (χ4v) is 3.71. The van der Waals surface area contributed by atoms with Gasteiger partial charge in [-0.15, -0.1) is 0 Å². The van der Waals surface area contributed by atoms with Crippen LogP contribution in [0.2, 0.25) is 0 Å². The summed E-state index contributed by atoms with van der Waals surface area (Å²) in [6.07, 6.45) is 7.58. The Morgan fingerprint density at radius 1 is 0.846 bits per heavy atom. The number of fused-ring (bicyclic) bond motifs is 1. The number of rotatable bonds is 0. The lowest BCUT2D eigenvalue weighted by Crippen LogP contribution is -2.35. The lowest BCUT2D eigenvalue weighted by molar-refractivity contribution is 0.0543. The van der Waals surface area contributed by atoms with Gasteiger partial charge >= 0.3 is 0 Å².